The minimum atomic E-state index is -0.438. The van der Waals surface area contributed by atoms with E-state index in [1.165, 1.54) is 19.3 Å². The molecule has 10 atom stereocenters. The van der Waals surface area contributed by atoms with Crippen molar-refractivity contribution in [3.05, 3.63) is 11.1 Å². The Morgan fingerprint density at radius 1 is 1.15 bits per heavy atom. The predicted molar refractivity (Wildman–Crippen MR) is 151 cm³/mol. The summed E-state index contributed by atoms with van der Waals surface area (Å²) in [6.07, 6.45) is 8.04. The van der Waals surface area contributed by atoms with Crippen LogP contribution in [0, 0.1) is 5.92 Å². The summed E-state index contributed by atoms with van der Waals surface area (Å²) in [4.78, 5) is 33.6. The Balaban J connectivity index is 1.06. The number of nitrogens with zero attached hydrogens (tertiary/aromatic N) is 1. The number of ketones is 1. The highest BCUT2D eigenvalue weighted by Gasteiger charge is 2.49. The van der Waals surface area contributed by atoms with Crippen molar-refractivity contribution in [3.63, 3.8) is 0 Å². The summed E-state index contributed by atoms with van der Waals surface area (Å²) in [6, 6.07) is 0.673. The molecule has 13 heteroatoms. The molecule has 39 heavy (non-hydrogen) atoms. The molecule has 5 aliphatic heterocycles. The first kappa shape index (κ1) is 28.2. The van der Waals surface area contributed by atoms with Crippen molar-refractivity contribution in [2.75, 3.05) is 38.6 Å². The Morgan fingerprint density at radius 3 is 2.77 bits per heavy atom. The van der Waals surface area contributed by atoms with Crippen LogP contribution in [0.5, 0.6) is 0 Å². The van der Waals surface area contributed by atoms with Crippen molar-refractivity contribution in [2.45, 2.75) is 91.5 Å². The first-order valence-electron chi connectivity index (χ1n) is 14.6. The molecule has 0 spiro atoms. The Labute approximate surface area is 239 Å². The van der Waals surface area contributed by atoms with Gasteiger partial charge in [-0.05, 0) is 30.9 Å². The van der Waals surface area contributed by atoms with Crippen LogP contribution in [0.2, 0.25) is 0 Å². The van der Waals surface area contributed by atoms with Gasteiger partial charge < -0.3 is 31.7 Å². The van der Waals surface area contributed by atoms with Crippen molar-refractivity contribution in [1.29, 1.82) is 0 Å². The molecule has 0 aromatic carbocycles. The molecule has 0 radical (unpaired) electrons. The van der Waals surface area contributed by atoms with Crippen molar-refractivity contribution in [1.82, 2.24) is 26.3 Å². The zero-order valence-electron chi connectivity index (χ0n) is 22.5. The molecule has 6 rings (SSSR count). The molecule has 9 N–H and O–H groups in total. The Hall–Kier alpha value is -0.900. The fraction of sp³-hybridized carbons (Fsp3) is 0.846. The number of piperidine rings is 1. The summed E-state index contributed by atoms with van der Waals surface area (Å²) in [5.41, 5.74) is 13.4. The lowest BCUT2D eigenvalue weighted by atomic mass is 9.88. The maximum Gasteiger partial charge on any atom is 0.236 e. The Morgan fingerprint density at radius 2 is 1.97 bits per heavy atom. The summed E-state index contributed by atoms with van der Waals surface area (Å²) in [5, 5.41) is 12.1. The maximum atomic E-state index is 13.0. The monoisotopic (exact) mass is 582 g/mol. The number of nitrogens with two attached hydrogens (primary N) is 1. The van der Waals surface area contributed by atoms with Gasteiger partial charge in [0.05, 0.1) is 35.6 Å². The van der Waals surface area contributed by atoms with E-state index in [1.54, 1.807) is 11.8 Å². The topological polar surface area (TPSA) is 158 Å². The number of nitrogens with one attached hydrogen (secondary N) is 4. The highest BCUT2D eigenvalue weighted by Crippen LogP contribution is 2.48. The number of primary amides is 1. The number of amides is 1. The zero-order chi connectivity index (χ0) is 26.9. The number of ether oxygens (including phenoxy) is 1. The van der Waals surface area contributed by atoms with E-state index in [4.69, 9.17) is 15.3 Å². The van der Waals surface area contributed by atoms with Crippen LogP contribution in [0.4, 0.5) is 0 Å². The van der Waals surface area contributed by atoms with E-state index in [9.17, 15) is 9.59 Å². The van der Waals surface area contributed by atoms with Gasteiger partial charge in [0.2, 0.25) is 5.91 Å². The summed E-state index contributed by atoms with van der Waals surface area (Å²) in [6.45, 7) is 3.80. The lowest BCUT2D eigenvalue weighted by molar-refractivity contribution is -0.431. The molecular weight excluding hydrogens is 538 g/mol. The number of rotatable bonds is 7. The van der Waals surface area contributed by atoms with Crippen LogP contribution in [0.3, 0.4) is 0 Å². The second-order valence-corrected chi connectivity index (χ2v) is 14.2. The minimum absolute atomic E-state index is 0.00360. The average molecular weight is 583 g/mol. The molecule has 6 aliphatic rings. The van der Waals surface area contributed by atoms with Crippen LogP contribution in [0.1, 0.15) is 38.5 Å². The van der Waals surface area contributed by atoms with E-state index >= 15 is 0 Å². The van der Waals surface area contributed by atoms with E-state index in [2.05, 4.69) is 32.1 Å². The van der Waals surface area contributed by atoms with Gasteiger partial charge in [-0.15, -0.1) is 23.5 Å². The van der Waals surface area contributed by atoms with Crippen LogP contribution < -0.4 is 32.9 Å². The van der Waals surface area contributed by atoms with Gasteiger partial charge in [-0.1, -0.05) is 6.42 Å². The van der Waals surface area contributed by atoms with Gasteiger partial charge in [0.15, 0.2) is 5.78 Å². The van der Waals surface area contributed by atoms with E-state index in [-0.39, 0.29) is 46.5 Å². The first-order valence-corrected chi connectivity index (χ1v) is 16.5. The van der Waals surface area contributed by atoms with Crippen molar-refractivity contribution >= 4 is 35.2 Å². The van der Waals surface area contributed by atoms with Gasteiger partial charge in [-0.3, -0.25) is 19.7 Å². The van der Waals surface area contributed by atoms with Crippen molar-refractivity contribution in [2.24, 2.45) is 11.7 Å². The molecule has 4 saturated heterocycles. The quantitative estimate of drug-likeness (QED) is 0.208. The van der Waals surface area contributed by atoms with Gasteiger partial charge in [-0.25, -0.2) is 0 Å². The molecule has 1 aliphatic carbocycles. The van der Waals surface area contributed by atoms with E-state index < -0.39 is 6.04 Å². The molecule has 0 aromatic rings. The van der Waals surface area contributed by atoms with Crippen molar-refractivity contribution < 1.29 is 24.9 Å². The second kappa shape index (κ2) is 12.5. The number of thioether (sulfide) groups is 2. The predicted octanol–water partition coefficient (Wildman–Crippen LogP) is -1.49. The number of hydrogen-bond donors (Lipinski definition) is 6. The summed E-state index contributed by atoms with van der Waals surface area (Å²) in [5.74, 6) is 1.15. The smallest absolute Gasteiger partial charge is 0.236 e. The van der Waals surface area contributed by atoms with Gasteiger partial charge in [-0.2, -0.15) is 5.48 Å². The van der Waals surface area contributed by atoms with Crippen LogP contribution in [-0.4, -0.2) is 108 Å². The van der Waals surface area contributed by atoms with Crippen LogP contribution in [0.15, 0.2) is 11.1 Å². The van der Waals surface area contributed by atoms with Gasteiger partial charge in [0.1, 0.15) is 12.3 Å². The molecule has 5 heterocycles. The second-order valence-electron chi connectivity index (χ2n) is 11.9. The molecule has 0 aromatic heterocycles. The summed E-state index contributed by atoms with van der Waals surface area (Å²) in [7, 11) is 0. The lowest BCUT2D eigenvalue weighted by Crippen LogP contribution is -2.72. The third-order valence-corrected chi connectivity index (χ3v) is 12.4. The molecular formula is C26H44N7O4S2+. The number of quaternary nitrogens is 1. The third kappa shape index (κ3) is 6.31. The first-order chi connectivity index (χ1) is 19.0. The standard InChI is InChI=1S/C26H43N7O4S2/c27-16-3-1-2-4-17(16)30-14-9-19(23(26(28)35)29-12-14)31-21-10-18(32-37-21)15-13-38-25-20(34)11-22(39-24(15)25)33-5-7-36-8-6-33/h11,14-19,21,23-25,29-32H,1-10,12-13,27H2,(H2,28,35)/p+1/t14?,15?,16-,17+,18?,19?,21?,23?,24?,25?/m1/s1. The lowest BCUT2D eigenvalue weighted by Gasteiger charge is -2.40. The fourth-order valence-electron chi connectivity index (χ4n) is 7.05. The number of carbonyl (C=O) groups is 2. The largest absolute Gasteiger partial charge is 0.378 e. The molecule has 1 saturated carbocycles. The normalized spacial score (nSPS) is 43.3. The SMILES string of the molecule is NC(=O)C1NCC(N[C@H]2CCCC[C@H]2[NH3+])CC1NC1CC(C2CSC3C(=O)C=C(N4CCOCC4)SC32)NO1. The van der Waals surface area contributed by atoms with E-state index in [0.29, 0.717) is 37.8 Å². The Bertz CT molecular complexity index is 938. The number of carbonyl (C=O) groups excluding carboxylic acids is 2. The molecule has 11 nitrogen and oxygen atoms in total. The minimum Gasteiger partial charge on any atom is -0.378 e. The molecule has 218 valence electrons. The highest BCUT2D eigenvalue weighted by molar-refractivity contribution is 8.07. The molecule has 5 fully saturated rings. The number of morpholine rings is 1. The molecule has 1 amide bonds. The van der Waals surface area contributed by atoms with Crippen LogP contribution in [-0.2, 0) is 19.2 Å². The fourth-order valence-corrected chi connectivity index (χ4v) is 10.6. The van der Waals surface area contributed by atoms with Crippen LogP contribution >= 0.6 is 23.5 Å². The number of hydrogen-bond acceptors (Lipinski definition) is 11. The number of fused-ring (bicyclic) bond motifs is 1. The highest BCUT2D eigenvalue weighted by atomic mass is 32.2. The van der Waals surface area contributed by atoms with E-state index in [0.717, 1.165) is 43.1 Å². The Kier molecular flexibility index (Phi) is 9.08. The summed E-state index contributed by atoms with van der Waals surface area (Å²) < 4.78 is 5.51. The number of allylic oxidation sites excluding steroid dienone is 1. The van der Waals surface area contributed by atoms with Crippen LogP contribution in [0.25, 0.3) is 0 Å². The van der Waals surface area contributed by atoms with Gasteiger partial charge in [0.25, 0.3) is 0 Å². The van der Waals surface area contributed by atoms with Gasteiger partial charge in [0, 0.05) is 61.9 Å². The third-order valence-electron chi connectivity index (χ3n) is 9.25. The zero-order valence-corrected chi connectivity index (χ0v) is 24.2. The maximum absolute atomic E-state index is 13.0. The van der Waals surface area contributed by atoms with Gasteiger partial charge >= 0.3 is 0 Å². The van der Waals surface area contributed by atoms with E-state index in [1.807, 2.05) is 17.8 Å². The summed E-state index contributed by atoms with van der Waals surface area (Å²) >= 11 is 3.63. The molecule has 0 bridgehead atoms. The van der Waals surface area contributed by atoms with Crippen molar-refractivity contribution in [3.8, 4) is 0 Å². The number of hydroxylamine groups is 1. The average Bonchev–Trinajstić information content (AvgIpc) is 3.58. The molecule has 8 unspecified atom stereocenters.